The first-order valence-electron chi connectivity index (χ1n) is 8.75. The molecule has 3 aromatic rings. The first kappa shape index (κ1) is 16.5. The molecule has 0 atom stereocenters. The summed E-state index contributed by atoms with van der Waals surface area (Å²) in [5, 5.41) is 13.8. The van der Waals surface area contributed by atoms with E-state index >= 15 is 0 Å². The molecule has 0 fully saturated rings. The molecule has 0 spiro atoms. The number of oxime groups is 1. The second-order valence-electron chi connectivity index (χ2n) is 7.38. The van der Waals surface area contributed by atoms with Crippen LogP contribution in [-0.4, -0.2) is 27.2 Å². The van der Waals surface area contributed by atoms with Gasteiger partial charge in [0.2, 0.25) is 0 Å². The molecular formula is C22H21N3O. The lowest BCUT2D eigenvalue weighted by molar-refractivity contribution is 0.319. The van der Waals surface area contributed by atoms with E-state index in [1.54, 1.807) is 0 Å². The Labute approximate surface area is 152 Å². The van der Waals surface area contributed by atoms with E-state index in [0.29, 0.717) is 5.71 Å². The maximum Gasteiger partial charge on any atom is 0.0839 e. The highest BCUT2D eigenvalue weighted by Crippen LogP contribution is 2.32. The molecule has 0 bridgehead atoms. The van der Waals surface area contributed by atoms with Gasteiger partial charge in [-0.1, -0.05) is 41.6 Å². The first-order chi connectivity index (χ1) is 12.5. The van der Waals surface area contributed by atoms with Crippen LogP contribution in [0, 0.1) is 0 Å². The van der Waals surface area contributed by atoms with Crippen molar-refractivity contribution in [3.63, 3.8) is 0 Å². The Morgan fingerprint density at radius 1 is 1.12 bits per heavy atom. The van der Waals surface area contributed by atoms with Crippen LogP contribution in [-0.2, 0) is 6.42 Å². The highest BCUT2D eigenvalue weighted by molar-refractivity contribution is 6.17. The van der Waals surface area contributed by atoms with Gasteiger partial charge in [0.05, 0.1) is 22.5 Å². The van der Waals surface area contributed by atoms with Crippen LogP contribution in [0.5, 0.6) is 0 Å². The number of fused-ring (bicyclic) bond motifs is 2. The average Bonchev–Trinajstić information content (AvgIpc) is 2.65. The van der Waals surface area contributed by atoms with Gasteiger partial charge in [-0.15, -0.1) is 0 Å². The summed E-state index contributed by atoms with van der Waals surface area (Å²) < 4.78 is 0. The number of aromatic nitrogens is 1. The fraction of sp³-hybridized carbons (Fsp3) is 0.227. The van der Waals surface area contributed by atoms with E-state index in [-0.39, 0.29) is 5.54 Å². The summed E-state index contributed by atoms with van der Waals surface area (Å²) in [6.07, 6.45) is 2.70. The minimum Gasteiger partial charge on any atom is -0.411 e. The number of nitrogens with zero attached hydrogens (tertiary/aromatic N) is 3. The summed E-state index contributed by atoms with van der Waals surface area (Å²) in [5.74, 6) is 0. The van der Waals surface area contributed by atoms with Crippen molar-refractivity contribution >= 4 is 22.3 Å². The molecule has 4 nitrogen and oxygen atoms in total. The van der Waals surface area contributed by atoms with E-state index in [0.717, 1.165) is 39.7 Å². The molecule has 26 heavy (non-hydrogen) atoms. The molecule has 0 unspecified atom stereocenters. The van der Waals surface area contributed by atoms with E-state index < -0.39 is 0 Å². The Balaban J connectivity index is 1.95. The van der Waals surface area contributed by atoms with Crippen molar-refractivity contribution in [3.8, 4) is 0 Å². The van der Waals surface area contributed by atoms with Gasteiger partial charge in [0.1, 0.15) is 0 Å². The van der Waals surface area contributed by atoms with E-state index in [2.05, 4.69) is 42.2 Å². The number of hydrogen-bond acceptors (Lipinski definition) is 4. The zero-order valence-electron chi connectivity index (χ0n) is 15.2. The van der Waals surface area contributed by atoms with E-state index in [1.807, 2.05) is 43.5 Å². The highest BCUT2D eigenvalue weighted by Gasteiger charge is 2.29. The Kier molecular flexibility index (Phi) is 3.83. The predicted octanol–water partition coefficient (Wildman–Crippen LogP) is 4.61. The van der Waals surface area contributed by atoms with Crippen LogP contribution in [0.3, 0.4) is 0 Å². The van der Waals surface area contributed by atoms with Crippen molar-refractivity contribution < 1.29 is 5.21 Å². The molecule has 0 saturated carbocycles. The molecule has 1 aromatic heterocycles. The molecule has 2 aromatic carbocycles. The minimum atomic E-state index is -0.236. The fourth-order valence-electron chi connectivity index (χ4n) is 3.65. The zero-order valence-corrected chi connectivity index (χ0v) is 15.2. The summed E-state index contributed by atoms with van der Waals surface area (Å²) in [7, 11) is 0. The third kappa shape index (κ3) is 2.77. The van der Waals surface area contributed by atoms with Crippen LogP contribution in [0.4, 0.5) is 0 Å². The fourth-order valence-corrected chi connectivity index (χ4v) is 3.65. The number of para-hydroxylation sites is 1. The van der Waals surface area contributed by atoms with Gasteiger partial charge in [-0.05, 0) is 44.9 Å². The molecule has 1 aliphatic rings. The van der Waals surface area contributed by atoms with E-state index in [4.69, 9.17) is 4.99 Å². The maximum absolute atomic E-state index is 9.27. The molecule has 1 aliphatic heterocycles. The molecule has 0 radical (unpaired) electrons. The Morgan fingerprint density at radius 2 is 1.92 bits per heavy atom. The Hall–Kier alpha value is -3.01. The number of aliphatic imine (C=N–C) groups is 1. The van der Waals surface area contributed by atoms with Gasteiger partial charge in [-0.3, -0.25) is 9.98 Å². The maximum atomic E-state index is 9.27. The molecule has 0 amide bonds. The molecule has 130 valence electrons. The summed E-state index contributed by atoms with van der Waals surface area (Å²) in [6, 6.07) is 16.3. The molecule has 4 heteroatoms. The predicted molar refractivity (Wildman–Crippen MR) is 106 cm³/mol. The van der Waals surface area contributed by atoms with Gasteiger partial charge in [0, 0.05) is 28.3 Å². The number of pyridine rings is 1. The van der Waals surface area contributed by atoms with E-state index in [1.165, 1.54) is 5.56 Å². The lowest BCUT2D eigenvalue weighted by Crippen LogP contribution is -2.31. The van der Waals surface area contributed by atoms with Gasteiger partial charge < -0.3 is 5.21 Å². The van der Waals surface area contributed by atoms with Crippen molar-refractivity contribution in [2.24, 2.45) is 10.1 Å². The zero-order chi connectivity index (χ0) is 18.3. The van der Waals surface area contributed by atoms with Crippen LogP contribution in [0.2, 0.25) is 0 Å². The number of hydrogen-bond donors (Lipinski definition) is 1. The largest absolute Gasteiger partial charge is 0.411 e. The van der Waals surface area contributed by atoms with Gasteiger partial charge in [-0.25, -0.2) is 0 Å². The second-order valence-corrected chi connectivity index (χ2v) is 7.38. The third-order valence-electron chi connectivity index (χ3n) is 4.86. The molecule has 0 saturated heterocycles. The smallest absolute Gasteiger partial charge is 0.0839 e. The second kappa shape index (κ2) is 6.06. The molecule has 0 aliphatic carbocycles. The molecule has 4 rings (SSSR count). The van der Waals surface area contributed by atoms with Crippen LogP contribution in [0.15, 0.2) is 64.9 Å². The molecule has 1 N–H and O–H groups in total. The minimum absolute atomic E-state index is 0.236. The third-order valence-corrected chi connectivity index (χ3v) is 4.86. The van der Waals surface area contributed by atoms with Crippen molar-refractivity contribution in [1.29, 1.82) is 0 Å². The SMILES string of the molecule is C/C(=N\O)c1cccc2c1CC(C)(C)N=C2c1cnc2ccccc2c1. The van der Waals surface area contributed by atoms with Crippen LogP contribution in [0.25, 0.3) is 10.9 Å². The Bertz CT molecular complexity index is 1060. The quantitative estimate of drug-likeness (QED) is 0.420. The average molecular weight is 343 g/mol. The lowest BCUT2D eigenvalue weighted by Gasteiger charge is -2.30. The molecule has 2 heterocycles. The van der Waals surface area contributed by atoms with Crippen LogP contribution < -0.4 is 0 Å². The van der Waals surface area contributed by atoms with Gasteiger partial charge >= 0.3 is 0 Å². The topological polar surface area (TPSA) is 57.8 Å². The first-order valence-corrected chi connectivity index (χ1v) is 8.75. The van der Waals surface area contributed by atoms with Crippen molar-refractivity contribution in [1.82, 2.24) is 4.98 Å². The normalized spacial score (nSPS) is 16.3. The standard InChI is InChI=1S/C22H21N3O/c1-14(25-26)17-8-6-9-18-19(17)12-22(2,3)24-21(18)16-11-15-7-4-5-10-20(15)23-13-16/h4-11,13,26H,12H2,1-3H3/b25-14+. The molecular weight excluding hydrogens is 322 g/mol. The Morgan fingerprint density at radius 3 is 2.73 bits per heavy atom. The van der Waals surface area contributed by atoms with Gasteiger partial charge in [0.15, 0.2) is 0 Å². The van der Waals surface area contributed by atoms with Crippen LogP contribution >= 0.6 is 0 Å². The summed E-state index contributed by atoms with van der Waals surface area (Å²) in [5.41, 5.74) is 6.54. The lowest BCUT2D eigenvalue weighted by atomic mass is 9.82. The highest BCUT2D eigenvalue weighted by atomic mass is 16.4. The van der Waals surface area contributed by atoms with E-state index in [9.17, 15) is 5.21 Å². The van der Waals surface area contributed by atoms with Gasteiger partial charge in [0.25, 0.3) is 0 Å². The van der Waals surface area contributed by atoms with Gasteiger partial charge in [-0.2, -0.15) is 0 Å². The number of rotatable bonds is 2. The van der Waals surface area contributed by atoms with Crippen molar-refractivity contribution in [2.45, 2.75) is 32.7 Å². The van der Waals surface area contributed by atoms with Crippen molar-refractivity contribution in [3.05, 3.63) is 77.0 Å². The number of benzene rings is 2. The summed E-state index contributed by atoms with van der Waals surface area (Å²) in [6.45, 7) is 6.09. The monoisotopic (exact) mass is 343 g/mol. The van der Waals surface area contributed by atoms with Crippen molar-refractivity contribution in [2.75, 3.05) is 0 Å². The summed E-state index contributed by atoms with van der Waals surface area (Å²) >= 11 is 0. The van der Waals surface area contributed by atoms with Crippen LogP contribution in [0.1, 0.15) is 43.0 Å². The summed E-state index contributed by atoms with van der Waals surface area (Å²) in [4.78, 5) is 9.64.